The highest BCUT2D eigenvalue weighted by Crippen LogP contribution is 2.18. The molecule has 0 aromatic carbocycles. The average Bonchev–Trinajstić information content (AvgIpc) is 2.92. The molecule has 1 fully saturated rings. The Morgan fingerprint density at radius 3 is 3.21 bits per heavy atom. The standard InChI is InChI=1S/C10H17N3O/c1-2-14-7-10-12-6-9(13-10)5-11-8-3-4-8/h6,8,11H,2-5,7H2,1H3,(H,12,13). The van der Waals surface area contributed by atoms with E-state index in [0.717, 1.165) is 30.7 Å². The Balaban J connectivity index is 1.76. The second kappa shape index (κ2) is 4.57. The molecule has 0 atom stereocenters. The number of H-pyrrole nitrogens is 1. The van der Waals surface area contributed by atoms with E-state index in [1.54, 1.807) is 0 Å². The van der Waals surface area contributed by atoms with Gasteiger partial charge in [-0.25, -0.2) is 4.98 Å². The maximum Gasteiger partial charge on any atom is 0.132 e. The molecular weight excluding hydrogens is 178 g/mol. The summed E-state index contributed by atoms with van der Waals surface area (Å²) < 4.78 is 5.26. The first-order valence-electron chi connectivity index (χ1n) is 5.22. The van der Waals surface area contributed by atoms with Gasteiger partial charge in [0.25, 0.3) is 0 Å². The average molecular weight is 195 g/mol. The number of rotatable bonds is 6. The summed E-state index contributed by atoms with van der Waals surface area (Å²) >= 11 is 0. The molecule has 4 nitrogen and oxygen atoms in total. The Bertz CT molecular complexity index is 281. The van der Waals surface area contributed by atoms with Crippen LogP contribution in [0.1, 0.15) is 31.3 Å². The molecule has 2 rings (SSSR count). The van der Waals surface area contributed by atoms with Gasteiger partial charge in [-0.05, 0) is 19.8 Å². The molecule has 1 aromatic heterocycles. The number of nitrogens with one attached hydrogen (secondary N) is 2. The van der Waals surface area contributed by atoms with Crippen molar-refractivity contribution in [3.63, 3.8) is 0 Å². The van der Waals surface area contributed by atoms with E-state index in [2.05, 4.69) is 15.3 Å². The predicted octanol–water partition coefficient (Wildman–Crippen LogP) is 1.20. The topological polar surface area (TPSA) is 49.9 Å². The quantitative estimate of drug-likeness (QED) is 0.717. The van der Waals surface area contributed by atoms with Gasteiger partial charge in [-0.3, -0.25) is 0 Å². The number of nitrogens with zero attached hydrogens (tertiary/aromatic N) is 1. The lowest BCUT2D eigenvalue weighted by atomic mass is 10.4. The van der Waals surface area contributed by atoms with E-state index in [1.807, 2.05) is 13.1 Å². The van der Waals surface area contributed by atoms with Crippen LogP contribution in [-0.4, -0.2) is 22.6 Å². The number of imidazole rings is 1. The molecule has 4 heteroatoms. The summed E-state index contributed by atoms with van der Waals surface area (Å²) in [7, 11) is 0. The zero-order valence-corrected chi connectivity index (χ0v) is 8.55. The fourth-order valence-corrected chi connectivity index (χ4v) is 1.31. The first-order valence-corrected chi connectivity index (χ1v) is 5.22. The van der Waals surface area contributed by atoms with Gasteiger partial charge in [0.15, 0.2) is 0 Å². The molecule has 78 valence electrons. The van der Waals surface area contributed by atoms with Crippen molar-refractivity contribution in [2.24, 2.45) is 0 Å². The smallest absolute Gasteiger partial charge is 0.132 e. The van der Waals surface area contributed by atoms with Crippen LogP contribution >= 0.6 is 0 Å². The second-order valence-corrected chi connectivity index (χ2v) is 3.65. The van der Waals surface area contributed by atoms with Crippen LogP contribution in [0.2, 0.25) is 0 Å². The van der Waals surface area contributed by atoms with Gasteiger partial charge in [-0.1, -0.05) is 0 Å². The van der Waals surface area contributed by atoms with Crippen molar-refractivity contribution in [2.75, 3.05) is 6.61 Å². The summed E-state index contributed by atoms with van der Waals surface area (Å²) in [6.07, 6.45) is 4.52. The van der Waals surface area contributed by atoms with Crippen LogP contribution in [0.4, 0.5) is 0 Å². The number of aromatic amines is 1. The Hall–Kier alpha value is -0.870. The fourth-order valence-electron chi connectivity index (χ4n) is 1.31. The highest BCUT2D eigenvalue weighted by molar-refractivity contribution is 5.01. The number of hydrogen-bond acceptors (Lipinski definition) is 3. The van der Waals surface area contributed by atoms with Gasteiger partial charge in [0, 0.05) is 31.1 Å². The Morgan fingerprint density at radius 1 is 1.64 bits per heavy atom. The number of hydrogen-bond donors (Lipinski definition) is 2. The van der Waals surface area contributed by atoms with Crippen LogP contribution in [0.5, 0.6) is 0 Å². The molecule has 1 aromatic rings. The zero-order valence-electron chi connectivity index (χ0n) is 8.55. The molecule has 1 aliphatic rings. The molecule has 0 unspecified atom stereocenters. The van der Waals surface area contributed by atoms with Crippen LogP contribution < -0.4 is 5.32 Å². The summed E-state index contributed by atoms with van der Waals surface area (Å²) in [5.74, 6) is 0.916. The lowest BCUT2D eigenvalue weighted by Gasteiger charge is -1.99. The molecule has 14 heavy (non-hydrogen) atoms. The summed E-state index contributed by atoms with van der Waals surface area (Å²) in [5.41, 5.74) is 1.15. The highest BCUT2D eigenvalue weighted by atomic mass is 16.5. The van der Waals surface area contributed by atoms with Crippen molar-refractivity contribution in [1.82, 2.24) is 15.3 Å². The maximum absolute atomic E-state index is 5.26. The van der Waals surface area contributed by atoms with Gasteiger partial charge in [0.05, 0.1) is 0 Å². The van der Waals surface area contributed by atoms with Gasteiger partial charge in [-0.15, -0.1) is 0 Å². The van der Waals surface area contributed by atoms with Gasteiger partial charge < -0.3 is 15.0 Å². The van der Waals surface area contributed by atoms with E-state index in [1.165, 1.54) is 12.8 Å². The maximum atomic E-state index is 5.26. The third-order valence-electron chi connectivity index (χ3n) is 2.28. The van der Waals surface area contributed by atoms with Crippen molar-refractivity contribution in [2.45, 2.75) is 39.0 Å². The van der Waals surface area contributed by atoms with E-state index >= 15 is 0 Å². The first-order chi connectivity index (χ1) is 6.88. The summed E-state index contributed by atoms with van der Waals surface area (Å²) in [4.78, 5) is 7.46. The SMILES string of the molecule is CCOCc1ncc(CNC2CC2)[nH]1. The third kappa shape index (κ3) is 2.82. The molecule has 0 amide bonds. The monoisotopic (exact) mass is 195 g/mol. The van der Waals surface area contributed by atoms with E-state index in [0.29, 0.717) is 6.61 Å². The molecule has 2 N–H and O–H groups in total. The zero-order chi connectivity index (χ0) is 9.80. The Labute approximate surface area is 84.1 Å². The highest BCUT2D eigenvalue weighted by Gasteiger charge is 2.20. The van der Waals surface area contributed by atoms with E-state index < -0.39 is 0 Å². The van der Waals surface area contributed by atoms with E-state index in [-0.39, 0.29) is 0 Å². The minimum atomic E-state index is 0.583. The summed E-state index contributed by atoms with van der Waals surface area (Å²) in [6.45, 7) is 4.19. The van der Waals surface area contributed by atoms with Crippen molar-refractivity contribution < 1.29 is 4.74 Å². The molecule has 1 aliphatic carbocycles. The molecule has 0 aliphatic heterocycles. The fraction of sp³-hybridized carbons (Fsp3) is 0.700. The van der Waals surface area contributed by atoms with Crippen molar-refractivity contribution >= 4 is 0 Å². The van der Waals surface area contributed by atoms with Gasteiger partial charge in [-0.2, -0.15) is 0 Å². The van der Waals surface area contributed by atoms with Crippen molar-refractivity contribution in [1.29, 1.82) is 0 Å². The molecule has 1 saturated carbocycles. The minimum Gasteiger partial charge on any atom is -0.374 e. The lowest BCUT2D eigenvalue weighted by molar-refractivity contribution is 0.129. The predicted molar refractivity (Wildman–Crippen MR) is 53.8 cm³/mol. The Morgan fingerprint density at radius 2 is 2.50 bits per heavy atom. The van der Waals surface area contributed by atoms with Crippen molar-refractivity contribution in [3.05, 3.63) is 17.7 Å². The van der Waals surface area contributed by atoms with Gasteiger partial charge in [0.1, 0.15) is 12.4 Å². The molecule has 1 heterocycles. The summed E-state index contributed by atoms with van der Waals surface area (Å²) in [6, 6.07) is 0.744. The third-order valence-corrected chi connectivity index (χ3v) is 2.28. The second-order valence-electron chi connectivity index (χ2n) is 3.65. The lowest BCUT2D eigenvalue weighted by Crippen LogP contribution is -2.15. The van der Waals surface area contributed by atoms with Crippen LogP contribution in [0.25, 0.3) is 0 Å². The van der Waals surface area contributed by atoms with Gasteiger partial charge in [0.2, 0.25) is 0 Å². The van der Waals surface area contributed by atoms with E-state index in [9.17, 15) is 0 Å². The molecule has 0 saturated heterocycles. The molecular formula is C10H17N3O. The molecule has 0 spiro atoms. The summed E-state index contributed by atoms with van der Waals surface area (Å²) in [5, 5.41) is 3.43. The van der Waals surface area contributed by atoms with E-state index in [4.69, 9.17) is 4.74 Å². The normalized spacial score (nSPS) is 16.1. The van der Waals surface area contributed by atoms with Gasteiger partial charge >= 0.3 is 0 Å². The number of ether oxygens (including phenoxy) is 1. The largest absolute Gasteiger partial charge is 0.374 e. The van der Waals surface area contributed by atoms with Crippen LogP contribution in [-0.2, 0) is 17.9 Å². The van der Waals surface area contributed by atoms with Crippen LogP contribution in [0.15, 0.2) is 6.20 Å². The Kier molecular flexibility index (Phi) is 3.16. The van der Waals surface area contributed by atoms with Crippen molar-refractivity contribution in [3.8, 4) is 0 Å². The van der Waals surface area contributed by atoms with Crippen LogP contribution in [0, 0.1) is 0 Å². The molecule has 0 bridgehead atoms. The minimum absolute atomic E-state index is 0.583. The number of aromatic nitrogens is 2. The van der Waals surface area contributed by atoms with Crippen LogP contribution in [0.3, 0.4) is 0 Å². The molecule has 0 radical (unpaired) electrons. The first kappa shape index (κ1) is 9.68.